The van der Waals surface area contributed by atoms with Crippen molar-refractivity contribution in [3.8, 4) is 0 Å². The van der Waals surface area contributed by atoms with Gasteiger partial charge in [-0.2, -0.15) is 0 Å². The van der Waals surface area contributed by atoms with E-state index < -0.39 is 22.8 Å². The fourth-order valence-corrected chi connectivity index (χ4v) is 3.50. The smallest absolute Gasteiger partial charge is 0.309 e. The Hall–Kier alpha value is -1.84. The molecule has 0 spiro atoms. The summed E-state index contributed by atoms with van der Waals surface area (Å²) >= 11 is 0. The van der Waals surface area contributed by atoms with Gasteiger partial charge in [0, 0.05) is 0 Å². The van der Waals surface area contributed by atoms with Crippen LogP contribution in [0.15, 0.2) is 18.2 Å². The predicted octanol–water partition coefficient (Wildman–Crippen LogP) is 6.42. The summed E-state index contributed by atoms with van der Waals surface area (Å²) in [4.78, 5) is 22.3. The van der Waals surface area contributed by atoms with E-state index in [1.807, 2.05) is 0 Å². The molecule has 0 bridgehead atoms. The summed E-state index contributed by atoms with van der Waals surface area (Å²) in [7, 11) is 0. The molecule has 164 valence electrons. The fourth-order valence-electron chi connectivity index (χ4n) is 3.50. The first-order valence-electron chi connectivity index (χ1n) is 11.0. The Morgan fingerprint density at radius 1 is 0.759 bits per heavy atom. The van der Waals surface area contributed by atoms with Gasteiger partial charge >= 0.3 is 11.9 Å². The first-order chi connectivity index (χ1) is 13.5. The highest BCUT2D eigenvalue weighted by atomic mass is 16.4. The number of carboxylic acids is 2. The molecule has 0 unspecified atom stereocenters. The molecular formula is C25H40O4. The molecule has 0 aliphatic heterocycles. The van der Waals surface area contributed by atoms with Gasteiger partial charge in [0.15, 0.2) is 0 Å². The lowest BCUT2D eigenvalue weighted by molar-refractivity contribution is -0.148. The molecule has 1 aromatic rings. The van der Waals surface area contributed by atoms with Crippen LogP contribution in [0, 0.1) is 17.8 Å². The van der Waals surface area contributed by atoms with E-state index in [4.69, 9.17) is 5.11 Å². The van der Waals surface area contributed by atoms with Crippen LogP contribution in [-0.4, -0.2) is 22.2 Å². The molecule has 1 aromatic carbocycles. The summed E-state index contributed by atoms with van der Waals surface area (Å²) < 4.78 is 0. The van der Waals surface area contributed by atoms with Gasteiger partial charge in [0.2, 0.25) is 0 Å². The second-order valence-corrected chi connectivity index (χ2v) is 9.76. The maximum atomic E-state index is 11.2. The number of hydrogen-bond acceptors (Lipinski definition) is 2. The number of carbonyl (C=O) groups is 2. The molecule has 0 aromatic heterocycles. The van der Waals surface area contributed by atoms with Crippen molar-refractivity contribution in [1.82, 2.24) is 0 Å². The van der Waals surface area contributed by atoms with E-state index in [0.29, 0.717) is 6.42 Å². The van der Waals surface area contributed by atoms with Gasteiger partial charge in [0.25, 0.3) is 0 Å². The number of hydrogen-bond donors (Lipinski definition) is 2. The summed E-state index contributed by atoms with van der Waals surface area (Å²) in [6.45, 7) is 9.33. The van der Waals surface area contributed by atoms with E-state index in [-0.39, 0.29) is 0 Å². The molecule has 2 N–H and O–H groups in total. The van der Waals surface area contributed by atoms with Crippen molar-refractivity contribution < 1.29 is 19.8 Å². The summed E-state index contributed by atoms with van der Waals surface area (Å²) in [5.41, 5.74) is 2.78. The van der Waals surface area contributed by atoms with Crippen LogP contribution in [0.4, 0.5) is 0 Å². The largest absolute Gasteiger partial charge is 0.481 e. The van der Waals surface area contributed by atoms with Crippen LogP contribution in [0.25, 0.3) is 0 Å². The summed E-state index contributed by atoms with van der Waals surface area (Å²) in [6, 6.07) is 6.71. The minimum Gasteiger partial charge on any atom is -0.481 e. The third-order valence-electron chi connectivity index (χ3n) is 6.09. The SMILES string of the molecule is Cc1ccc(CCCCCCC(C)(C)C(=O)O)cc1CCCCC(C)(C)C(=O)O. The number of unbranched alkanes of at least 4 members (excludes halogenated alkanes) is 4. The Bertz CT molecular complexity index is 673. The van der Waals surface area contributed by atoms with Crippen LogP contribution in [0.1, 0.15) is 95.8 Å². The van der Waals surface area contributed by atoms with Gasteiger partial charge in [-0.25, -0.2) is 0 Å². The van der Waals surface area contributed by atoms with Gasteiger partial charge in [0.05, 0.1) is 10.8 Å². The zero-order chi connectivity index (χ0) is 22.1. The molecule has 0 saturated carbocycles. The predicted molar refractivity (Wildman–Crippen MR) is 118 cm³/mol. The minimum absolute atomic E-state index is 0.620. The number of rotatable bonds is 14. The monoisotopic (exact) mass is 404 g/mol. The quantitative estimate of drug-likeness (QED) is 0.351. The van der Waals surface area contributed by atoms with Gasteiger partial charge in [-0.05, 0) is 89.8 Å². The van der Waals surface area contributed by atoms with E-state index in [1.165, 1.54) is 16.7 Å². The highest BCUT2D eigenvalue weighted by Gasteiger charge is 2.26. The highest BCUT2D eigenvalue weighted by Crippen LogP contribution is 2.26. The number of benzene rings is 1. The Kier molecular flexibility index (Phi) is 9.88. The number of aryl methyl sites for hydroxylation is 3. The molecule has 0 saturated heterocycles. The first-order valence-corrected chi connectivity index (χ1v) is 11.0. The standard InChI is InChI=1S/C25H40O4/c1-19-14-15-20(12-8-6-7-10-16-24(2,3)22(26)27)18-21(19)13-9-11-17-25(4,5)23(28)29/h14-15,18H,6-13,16-17H2,1-5H3,(H,26,27)(H,28,29). The van der Waals surface area contributed by atoms with Gasteiger partial charge in [-0.15, -0.1) is 0 Å². The average Bonchev–Trinajstić information content (AvgIpc) is 2.63. The molecule has 0 radical (unpaired) electrons. The van der Waals surface area contributed by atoms with Gasteiger partial charge < -0.3 is 10.2 Å². The normalized spacial score (nSPS) is 12.2. The average molecular weight is 405 g/mol. The van der Waals surface area contributed by atoms with Gasteiger partial charge in [0.1, 0.15) is 0 Å². The van der Waals surface area contributed by atoms with E-state index in [1.54, 1.807) is 27.7 Å². The van der Waals surface area contributed by atoms with Crippen molar-refractivity contribution in [2.45, 2.75) is 98.8 Å². The van der Waals surface area contributed by atoms with Crippen molar-refractivity contribution in [1.29, 1.82) is 0 Å². The van der Waals surface area contributed by atoms with Crippen LogP contribution in [0.2, 0.25) is 0 Å². The van der Waals surface area contributed by atoms with Crippen molar-refractivity contribution in [3.05, 3.63) is 34.9 Å². The molecule has 0 fully saturated rings. The maximum Gasteiger partial charge on any atom is 0.309 e. The lowest BCUT2D eigenvalue weighted by Gasteiger charge is -2.18. The summed E-state index contributed by atoms with van der Waals surface area (Å²) in [6.07, 6.45) is 9.73. The van der Waals surface area contributed by atoms with Crippen LogP contribution in [-0.2, 0) is 22.4 Å². The topological polar surface area (TPSA) is 74.6 Å². The molecule has 4 nitrogen and oxygen atoms in total. The van der Waals surface area contributed by atoms with Gasteiger partial charge in [-0.3, -0.25) is 9.59 Å². The zero-order valence-corrected chi connectivity index (χ0v) is 19.0. The maximum absolute atomic E-state index is 11.2. The van der Waals surface area contributed by atoms with E-state index >= 15 is 0 Å². The van der Waals surface area contributed by atoms with E-state index in [2.05, 4.69) is 25.1 Å². The number of aliphatic carboxylic acids is 2. The van der Waals surface area contributed by atoms with E-state index in [9.17, 15) is 14.7 Å². The Labute approximate surface area is 176 Å². The molecular weight excluding hydrogens is 364 g/mol. The highest BCUT2D eigenvalue weighted by molar-refractivity contribution is 5.73. The second kappa shape index (κ2) is 11.4. The Morgan fingerprint density at radius 3 is 1.79 bits per heavy atom. The third kappa shape index (κ3) is 9.01. The molecule has 4 heteroatoms. The fraction of sp³-hybridized carbons (Fsp3) is 0.680. The van der Waals surface area contributed by atoms with Crippen LogP contribution in [0.5, 0.6) is 0 Å². The molecule has 0 atom stereocenters. The van der Waals surface area contributed by atoms with Crippen LogP contribution < -0.4 is 0 Å². The third-order valence-corrected chi connectivity index (χ3v) is 6.09. The van der Waals surface area contributed by atoms with Crippen molar-refractivity contribution >= 4 is 11.9 Å². The zero-order valence-electron chi connectivity index (χ0n) is 19.0. The summed E-state index contributed by atoms with van der Waals surface area (Å²) in [5.74, 6) is -1.43. The summed E-state index contributed by atoms with van der Waals surface area (Å²) in [5, 5.41) is 18.4. The molecule has 1 rings (SSSR count). The van der Waals surface area contributed by atoms with Crippen molar-refractivity contribution in [2.24, 2.45) is 10.8 Å². The molecule has 29 heavy (non-hydrogen) atoms. The second-order valence-electron chi connectivity index (χ2n) is 9.76. The molecule has 0 heterocycles. The lowest BCUT2D eigenvalue weighted by Crippen LogP contribution is -2.23. The van der Waals surface area contributed by atoms with Gasteiger partial charge in [-0.1, -0.05) is 43.9 Å². The van der Waals surface area contributed by atoms with Crippen LogP contribution in [0.3, 0.4) is 0 Å². The molecule has 0 aliphatic carbocycles. The first kappa shape index (κ1) is 25.2. The van der Waals surface area contributed by atoms with Crippen molar-refractivity contribution in [2.75, 3.05) is 0 Å². The van der Waals surface area contributed by atoms with Crippen LogP contribution >= 0.6 is 0 Å². The lowest BCUT2D eigenvalue weighted by atomic mass is 9.86. The van der Waals surface area contributed by atoms with E-state index in [0.717, 1.165) is 57.8 Å². The minimum atomic E-state index is -0.720. The van der Waals surface area contributed by atoms with Crippen molar-refractivity contribution in [3.63, 3.8) is 0 Å². The number of carboxylic acid groups (broad SMARTS) is 2. The molecule has 0 aliphatic rings. The Morgan fingerprint density at radius 2 is 1.24 bits per heavy atom. The Balaban J connectivity index is 2.36. The molecule has 0 amide bonds.